The highest BCUT2D eigenvalue weighted by atomic mass is 32.2. The Balaban J connectivity index is 1.92. The highest BCUT2D eigenvalue weighted by Crippen LogP contribution is 2.11. The molecule has 0 bridgehead atoms. The lowest BCUT2D eigenvalue weighted by molar-refractivity contribution is -0.135. The number of rotatable bonds is 13. The SMILES string of the molecule is CCCCNC(=O)CN1CCN(C(=O)C(CCSC)NS(=O)(=O)/C=C/c2ccccc2)CC1. The van der Waals surface area contributed by atoms with E-state index < -0.39 is 16.1 Å². The van der Waals surface area contributed by atoms with E-state index in [-0.39, 0.29) is 11.8 Å². The number of piperazine rings is 1. The van der Waals surface area contributed by atoms with Gasteiger partial charge in [-0.05, 0) is 36.5 Å². The maximum atomic E-state index is 13.1. The van der Waals surface area contributed by atoms with Crippen LogP contribution in [-0.2, 0) is 19.6 Å². The minimum absolute atomic E-state index is 0.000892. The van der Waals surface area contributed by atoms with E-state index in [1.54, 1.807) is 16.7 Å². The fraction of sp³-hybridized carbons (Fsp3) is 0.565. The first-order valence-electron chi connectivity index (χ1n) is 11.4. The molecule has 0 aliphatic carbocycles. The number of hydrogen-bond acceptors (Lipinski definition) is 6. The molecule has 1 aromatic rings. The molecule has 2 N–H and O–H groups in total. The molecule has 10 heteroatoms. The minimum atomic E-state index is -3.78. The fourth-order valence-corrected chi connectivity index (χ4v) is 4.95. The maximum absolute atomic E-state index is 13.1. The van der Waals surface area contributed by atoms with Crippen LogP contribution in [0.3, 0.4) is 0 Å². The van der Waals surface area contributed by atoms with Crippen molar-refractivity contribution in [3.8, 4) is 0 Å². The maximum Gasteiger partial charge on any atom is 0.240 e. The van der Waals surface area contributed by atoms with Crippen LogP contribution >= 0.6 is 11.8 Å². The number of benzene rings is 1. The van der Waals surface area contributed by atoms with Gasteiger partial charge in [0, 0.05) is 38.1 Å². The van der Waals surface area contributed by atoms with Gasteiger partial charge in [0.15, 0.2) is 0 Å². The molecule has 0 saturated carbocycles. The summed E-state index contributed by atoms with van der Waals surface area (Å²) in [5.41, 5.74) is 0.768. The Morgan fingerprint density at radius 3 is 2.48 bits per heavy atom. The van der Waals surface area contributed by atoms with E-state index in [0.29, 0.717) is 51.4 Å². The van der Waals surface area contributed by atoms with Gasteiger partial charge in [-0.15, -0.1) is 0 Å². The summed E-state index contributed by atoms with van der Waals surface area (Å²) in [6, 6.07) is 8.34. The third-order valence-electron chi connectivity index (χ3n) is 5.36. The summed E-state index contributed by atoms with van der Waals surface area (Å²) < 4.78 is 27.8. The lowest BCUT2D eigenvalue weighted by atomic mass is 10.2. The van der Waals surface area contributed by atoms with Crippen LogP contribution in [0, 0.1) is 0 Å². The van der Waals surface area contributed by atoms with Crippen molar-refractivity contribution in [1.29, 1.82) is 0 Å². The number of hydrogen-bond donors (Lipinski definition) is 2. The summed E-state index contributed by atoms with van der Waals surface area (Å²) >= 11 is 1.57. The summed E-state index contributed by atoms with van der Waals surface area (Å²) in [7, 11) is -3.78. The van der Waals surface area contributed by atoms with Gasteiger partial charge >= 0.3 is 0 Å². The van der Waals surface area contributed by atoms with Crippen LogP contribution in [0.1, 0.15) is 31.7 Å². The third kappa shape index (κ3) is 10.3. The molecule has 1 fully saturated rings. The number of unbranched alkanes of at least 4 members (excludes halogenated alkanes) is 1. The Labute approximate surface area is 202 Å². The first-order chi connectivity index (χ1) is 15.8. The van der Waals surface area contributed by atoms with Crippen LogP contribution in [-0.4, -0.2) is 87.4 Å². The van der Waals surface area contributed by atoms with Gasteiger partial charge < -0.3 is 10.2 Å². The number of amides is 2. The van der Waals surface area contributed by atoms with Crippen molar-refractivity contribution in [2.45, 2.75) is 32.2 Å². The minimum Gasteiger partial charge on any atom is -0.355 e. The zero-order chi connectivity index (χ0) is 24.1. The smallest absolute Gasteiger partial charge is 0.240 e. The van der Waals surface area contributed by atoms with Gasteiger partial charge in [0.05, 0.1) is 6.54 Å². The summed E-state index contributed by atoms with van der Waals surface area (Å²) in [6.07, 6.45) is 5.85. The van der Waals surface area contributed by atoms with E-state index in [9.17, 15) is 18.0 Å². The van der Waals surface area contributed by atoms with Gasteiger partial charge in [0.1, 0.15) is 6.04 Å². The molecule has 1 saturated heterocycles. The Hall–Kier alpha value is -1.88. The predicted octanol–water partition coefficient (Wildman–Crippen LogP) is 1.76. The molecule has 1 unspecified atom stereocenters. The van der Waals surface area contributed by atoms with E-state index >= 15 is 0 Å². The standard InChI is InChI=1S/C23H36N4O4S2/c1-3-4-12-24-22(28)19-26-13-15-27(16-14-26)23(29)21(10-17-32-2)25-33(30,31)18-11-20-8-6-5-7-9-20/h5-9,11,18,21,25H,3-4,10,12-17,19H2,1-2H3,(H,24,28)/b18-11+. The van der Waals surface area contributed by atoms with Crippen molar-refractivity contribution in [3.05, 3.63) is 41.3 Å². The summed E-state index contributed by atoms with van der Waals surface area (Å²) in [5.74, 6) is 0.450. The zero-order valence-corrected chi connectivity index (χ0v) is 21.2. The second kappa shape index (κ2) is 14.4. The van der Waals surface area contributed by atoms with Gasteiger partial charge in [-0.2, -0.15) is 16.5 Å². The monoisotopic (exact) mass is 496 g/mol. The van der Waals surface area contributed by atoms with Gasteiger partial charge in [-0.3, -0.25) is 14.5 Å². The highest BCUT2D eigenvalue weighted by molar-refractivity contribution is 7.98. The molecule has 1 aliphatic heterocycles. The number of thioether (sulfide) groups is 1. The van der Waals surface area contributed by atoms with Gasteiger partial charge in [0.25, 0.3) is 0 Å². The summed E-state index contributed by atoms with van der Waals surface area (Å²) in [4.78, 5) is 28.9. The molecule has 2 amide bonds. The van der Waals surface area contributed by atoms with Crippen LogP contribution in [0.5, 0.6) is 0 Å². The second-order valence-corrected chi connectivity index (χ2v) is 10.6. The zero-order valence-electron chi connectivity index (χ0n) is 19.5. The molecule has 1 heterocycles. The molecule has 1 aliphatic rings. The van der Waals surface area contributed by atoms with Crippen molar-refractivity contribution < 1.29 is 18.0 Å². The molecule has 0 spiro atoms. The quantitative estimate of drug-likeness (QED) is 0.404. The van der Waals surface area contributed by atoms with E-state index in [1.807, 2.05) is 41.5 Å². The van der Waals surface area contributed by atoms with Crippen LogP contribution in [0.4, 0.5) is 0 Å². The highest BCUT2D eigenvalue weighted by Gasteiger charge is 2.30. The van der Waals surface area contributed by atoms with Crippen molar-refractivity contribution in [1.82, 2.24) is 19.8 Å². The lowest BCUT2D eigenvalue weighted by Gasteiger charge is -2.36. The number of nitrogens with one attached hydrogen (secondary N) is 2. The molecule has 1 atom stereocenters. The van der Waals surface area contributed by atoms with E-state index in [4.69, 9.17) is 0 Å². The number of nitrogens with zero attached hydrogens (tertiary/aromatic N) is 2. The molecule has 1 aromatic carbocycles. The van der Waals surface area contributed by atoms with Gasteiger partial charge in [0.2, 0.25) is 21.8 Å². The molecule has 0 aromatic heterocycles. The van der Waals surface area contributed by atoms with Crippen LogP contribution < -0.4 is 10.0 Å². The van der Waals surface area contributed by atoms with Crippen molar-refractivity contribution >= 4 is 39.7 Å². The van der Waals surface area contributed by atoms with Gasteiger partial charge in [-0.1, -0.05) is 43.7 Å². The third-order valence-corrected chi connectivity index (χ3v) is 7.11. The lowest BCUT2D eigenvalue weighted by Crippen LogP contribution is -2.55. The van der Waals surface area contributed by atoms with Crippen molar-refractivity contribution in [2.24, 2.45) is 0 Å². The Bertz CT molecular complexity index is 870. The largest absolute Gasteiger partial charge is 0.355 e. The summed E-state index contributed by atoms with van der Waals surface area (Å²) in [6.45, 7) is 5.19. The number of sulfonamides is 1. The normalized spacial score (nSPS) is 16.1. The average Bonchev–Trinajstić information content (AvgIpc) is 2.81. The predicted molar refractivity (Wildman–Crippen MR) is 135 cm³/mol. The second-order valence-electron chi connectivity index (χ2n) is 8.02. The Morgan fingerprint density at radius 2 is 1.85 bits per heavy atom. The Morgan fingerprint density at radius 1 is 1.15 bits per heavy atom. The average molecular weight is 497 g/mol. The van der Waals surface area contributed by atoms with E-state index in [2.05, 4.69) is 17.0 Å². The molecule has 33 heavy (non-hydrogen) atoms. The molecule has 8 nitrogen and oxygen atoms in total. The van der Waals surface area contributed by atoms with Crippen LogP contribution in [0.15, 0.2) is 35.7 Å². The van der Waals surface area contributed by atoms with Crippen molar-refractivity contribution in [2.75, 3.05) is 51.3 Å². The molecule has 184 valence electrons. The molecular formula is C23H36N4O4S2. The molecule has 0 radical (unpaired) electrons. The van der Waals surface area contributed by atoms with Crippen molar-refractivity contribution in [3.63, 3.8) is 0 Å². The Kier molecular flexibility index (Phi) is 11.9. The van der Waals surface area contributed by atoms with E-state index in [1.165, 1.54) is 6.08 Å². The topological polar surface area (TPSA) is 98.8 Å². The molecule has 2 rings (SSSR count). The van der Waals surface area contributed by atoms with Gasteiger partial charge in [-0.25, -0.2) is 8.42 Å². The summed E-state index contributed by atoms with van der Waals surface area (Å²) in [5, 5.41) is 4.02. The van der Waals surface area contributed by atoms with E-state index in [0.717, 1.165) is 23.8 Å². The van der Waals surface area contributed by atoms with Crippen LogP contribution in [0.25, 0.3) is 6.08 Å². The molecular weight excluding hydrogens is 460 g/mol. The first kappa shape index (κ1) is 27.4. The van der Waals surface area contributed by atoms with Crippen LogP contribution in [0.2, 0.25) is 0 Å². The number of carbonyl (C=O) groups is 2. The number of carbonyl (C=O) groups excluding carboxylic acids is 2. The fourth-order valence-electron chi connectivity index (χ4n) is 3.45. The first-order valence-corrected chi connectivity index (χ1v) is 14.3.